The third-order valence-electron chi connectivity index (χ3n) is 3.22. The van der Waals surface area contributed by atoms with Crippen molar-refractivity contribution in [2.75, 3.05) is 13.6 Å². The summed E-state index contributed by atoms with van der Waals surface area (Å²) in [6, 6.07) is 4.65. The Morgan fingerprint density at radius 2 is 2.21 bits per heavy atom. The molecule has 0 aromatic heterocycles. The Kier molecular flexibility index (Phi) is 4.47. The van der Waals surface area contributed by atoms with Crippen LogP contribution < -0.4 is 5.32 Å². The standard InChI is InChI=1S/C13H14BrClN2O2/c1-16-12(18)11-3-2-6-17(11)13(19)9-5-4-8(15)7-10(9)14/h4-5,7,11H,2-3,6H2,1H3,(H,16,18). The molecule has 0 bridgehead atoms. The van der Waals surface area contributed by atoms with Crippen molar-refractivity contribution in [2.24, 2.45) is 0 Å². The van der Waals surface area contributed by atoms with E-state index in [0.29, 0.717) is 28.0 Å². The summed E-state index contributed by atoms with van der Waals surface area (Å²) in [6.45, 7) is 0.603. The van der Waals surface area contributed by atoms with Gasteiger partial charge in [0, 0.05) is 23.1 Å². The van der Waals surface area contributed by atoms with Crippen LogP contribution in [0.3, 0.4) is 0 Å². The minimum absolute atomic E-state index is 0.115. The summed E-state index contributed by atoms with van der Waals surface area (Å²) in [4.78, 5) is 25.9. The van der Waals surface area contributed by atoms with Crippen molar-refractivity contribution in [3.63, 3.8) is 0 Å². The van der Waals surface area contributed by atoms with Crippen molar-refractivity contribution in [2.45, 2.75) is 18.9 Å². The van der Waals surface area contributed by atoms with Gasteiger partial charge in [0.1, 0.15) is 6.04 Å². The Bertz CT molecular complexity index is 521. The molecule has 1 N–H and O–H groups in total. The van der Waals surface area contributed by atoms with Crippen LogP contribution in [-0.4, -0.2) is 36.3 Å². The smallest absolute Gasteiger partial charge is 0.255 e. The third kappa shape index (κ3) is 2.92. The molecule has 1 aromatic rings. The summed E-state index contributed by atoms with van der Waals surface area (Å²) < 4.78 is 0.646. The van der Waals surface area contributed by atoms with Crippen LogP contribution in [0.4, 0.5) is 0 Å². The Hall–Kier alpha value is -1.07. The lowest BCUT2D eigenvalue weighted by molar-refractivity contribution is -0.124. The minimum atomic E-state index is -0.375. The molecule has 0 spiro atoms. The predicted molar refractivity (Wildman–Crippen MR) is 77.3 cm³/mol. The van der Waals surface area contributed by atoms with E-state index < -0.39 is 0 Å². The third-order valence-corrected chi connectivity index (χ3v) is 4.12. The Morgan fingerprint density at radius 3 is 2.84 bits per heavy atom. The molecule has 1 atom stereocenters. The van der Waals surface area contributed by atoms with Gasteiger partial charge in [-0.3, -0.25) is 9.59 Å². The number of likely N-dealkylation sites (tertiary alicyclic amines) is 1. The highest BCUT2D eigenvalue weighted by atomic mass is 79.9. The van der Waals surface area contributed by atoms with Crippen LogP contribution in [0.2, 0.25) is 5.02 Å². The van der Waals surface area contributed by atoms with Crippen molar-refractivity contribution < 1.29 is 9.59 Å². The number of rotatable bonds is 2. The van der Waals surface area contributed by atoms with E-state index in [-0.39, 0.29) is 17.9 Å². The number of benzene rings is 1. The lowest BCUT2D eigenvalue weighted by Crippen LogP contribution is -2.45. The van der Waals surface area contributed by atoms with Gasteiger partial charge in [-0.05, 0) is 47.0 Å². The van der Waals surface area contributed by atoms with Crippen molar-refractivity contribution in [3.05, 3.63) is 33.3 Å². The predicted octanol–water partition coefficient (Wildman–Crippen LogP) is 2.45. The summed E-state index contributed by atoms with van der Waals surface area (Å²) in [7, 11) is 1.58. The van der Waals surface area contributed by atoms with Crippen LogP contribution in [0.25, 0.3) is 0 Å². The first-order chi connectivity index (χ1) is 9.04. The Morgan fingerprint density at radius 1 is 1.47 bits per heavy atom. The average Bonchev–Trinajstić information content (AvgIpc) is 2.86. The molecule has 102 valence electrons. The van der Waals surface area contributed by atoms with Gasteiger partial charge in [0.05, 0.1) is 5.56 Å². The average molecular weight is 346 g/mol. The van der Waals surface area contributed by atoms with E-state index in [1.165, 1.54) is 0 Å². The topological polar surface area (TPSA) is 49.4 Å². The second-order valence-corrected chi connectivity index (χ2v) is 5.69. The number of carbonyl (C=O) groups excluding carboxylic acids is 2. The molecule has 4 nitrogen and oxygen atoms in total. The molecule has 1 fully saturated rings. The van der Waals surface area contributed by atoms with Crippen LogP contribution >= 0.6 is 27.5 Å². The van der Waals surface area contributed by atoms with Crippen molar-refractivity contribution in [3.8, 4) is 0 Å². The fourth-order valence-electron chi connectivity index (χ4n) is 2.27. The lowest BCUT2D eigenvalue weighted by Gasteiger charge is -2.23. The quantitative estimate of drug-likeness (QED) is 0.895. The first-order valence-corrected chi connectivity index (χ1v) is 7.19. The molecule has 19 heavy (non-hydrogen) atoms. The van der Waals surface area contributed by atoms with Crippen LogP contribution in [-0.2, 0) is 4.79 Å². The summed E-state index contributed by atoms with van der Waals surface area (Å²) >= 11 is 9.20. The monoisotopic (exact) mass is 344 g/mol. The van der Waals surface area contributed by atoms with E-state index >= 15 is 0 Å². The molecule has 1 saturated heterocycles. The molecule has 1 aliphatic rings. The number of carbonyl (C=O) groups is 2. The van der Waals surface area contributed by atoms with Gasteiger partial charge in [-0.15, -0.1) is 0 Å². The van der Waals surface area contributed by atoms with E-state index in [4.69, 9.17) is 11.6 Å². The highest BCUT2D eigenvalue weighted by Crippen LogP contribution is 2.26. The van der Waals surface area contributed by atoms with E-state index in [1.807, 2.05) is 0 Å². The SMILES string of the molecule is CNC(=O)C1CCCN1C(=O)c1ccc(Cl)cc1Br. The maximum Gasteiger partial charge on any atom is 0.255 e. The largest absolute Gasteiger partial charge is 0.357 e. The minimum Gasteiger partial charge on any atom is -0.357 e. The van der Waals surface area contributed by atoms with Gasteiger partial charge in [-0.25, -0.2) is 0 Å². The number of hydrogen-bond donors (Lipinski definition) is 1. The van der Waals surface area contributed by atoms with Crippen molar-refractivity contribution in [1.29, 1.82) is 0 Å². The first-order valence-electron chi connectivity index (χ1n) is 6.02. The molecular formula is C13H14BrClN2O2. The molecule has 2 rings (SSSR count). The van der Waals surface area contributed by atoms with Crippen LogP contribution in [0.5, 0.6) is 0 Å². The lowest BCUT2D eigenvalue weighted by atomic mass is 10.1. The van der Waals surface area contributed by atoms with Gasteiger partial charge in [0.15, 0.2) is 0 Å². The number of nitrogens with one attached hydrogen (secondary N) is 1. The molecule has 1 unspecified atom stereocenters. The zero-order chi connectivity index (χ0) is 14.0. The number of amides is 2. The number of hydrogen-bond acceptors (Lipinski definition) is 2. The van der Waals surface area contributed by atoms with Crippen LogP contribution in [0.1, 0.15) is 23.2 Å². The zero-order valence-corrected chi connectivity index (χ0v) is 12.8. The summed E-state index contributed by atoms with van der Waals surface area (Å²) in [5, 5.41) is 3.16. The van der Waals surface area contributed by atoms with Gasteiger partial charge in [-0.1, -0.05) is 11.6 Å². The second-order valence-electron chi connectivity index (χ2n) is 4.39. The zero-order valence-electron chi connectivity index (χ0n) is 10.5. The van der Waals surface area contributed by atoms with Gasteiger partial charge >= 0.3 is 0 Å². The Balaban J connectivity index is 2.25. The van der Waals surface area contributed by atoms with Gasteiger partial charge < -0.3 is 10.2 Å². The van der Waals surface area contributed by atoms with Crippen LogP contribution in [0, 0.1) is 0 Å². The van der Waals surface area contributed by atoms with Crippen molar-refractivity contribution >= 4 is 39.3 Å². The maximum absolute atomic E-state index is 12.5. The van der Waals surface area contributed by atoms with Crippen molar-refractivity contribution in [1.82, 2.24) is 10.2 Å². The molecule has 0 aliphatic carbocycles. The molecule has 0 radical (unpaired) electrons. The van der Waals surface area contributed by atoms with Crippen LogP contribution in [0.15, 0.2) is 22.7 Å². The molecule has 1 heterocycles. The molecule has 6 heteroatoms. The molecular weight excluding hydrogens is 332 g/mol. The molecule has 0 saturated carbocycles. The van der Waals surface area contributed by atoms with Gasteiger partial charge in [-0.2, -0.15) is 0 Å². The van der Waals surface area contributed by atoms with Gasteiger partial charge in [0.2, 0.25) is 5.91 Å². The number of nitrogens with zero attached hydrogens (tertiary/aromatic N) is 1. The highest BCUT2D eigenvalue weighted by molar-refractivity contribution is 9.10. The fourth-order valence-corrected chi connectivity index (χ4v) is 3.12. The molecule has 1 aliphatic heterocycles. The van der Waals surface area contributed by atoms with E-state index in [1.54, 1.807) is 30.1 Å². The molecule has 1 aromatic carbocycles. The van der Waals surface area contributed by atoms with E-state index in [2.05, 4.69) is 21.2 Å². The Labute approximate surface area is 125 Å². The molecule has 2 amide bonds. The summed E-state index contributed by atoms with van der Waals surface area (Å²) in [6.07, 6.45) is 1.55. The van der Waals surface area contributed by atoms with E-state index in [0.717, 1.165) is 6.42 Å². The highest BCUT2D eigenvalue weighted by Gasteiger charge is 2.34. The summed E-state index contributed by atoms with van der Waals surface area (Å²) in [5.74, 6) is -0.259. The first kappa shape index (κ1) is 14.3. The normalized spacial score (nSPS) is 18.5. The summed E-state index contributed by atoms with van der Waals surface area (Å²) in [5.41, 5.74) is 0.528. The van der Waals surface area contributed by atoms with E-state index in [9.17, 15) is 9.59 Å². The maximum atomic E-state index is 12.5. The fraction of sp³-hybridized carbons (Fsp3) is 0.385. The number of halogens is 2. The number of likely N-dealkylation sites (N-methyl/N-ethyl adjacent to an activating group) is 1. The van der Waals surface area contributed by atoms with Gasteiger partial charge in [0.25, 0.3) is 5.91 Å². The second kappa shape index (κ2) is 5.92.